The normalized spacial score (nSPS) is 21.1. The molecule has 3 aromatic rings. The maximum atomic E-state index is 15.1. The van der Waals surface area contributed by atoms with Crippen molar-refractivity contribution >= 4 is 29.3 Å². The van der Waals surface area contributed by atoms with Crippen LogP contribution in [-0.4, -0.2) is 101 Å². The maximum absolute atomic E-state index is 15.1. The van der Waals surface area contributed by atoms with Gasteiger partial charge in [0.15, 0.2) is 12.9 Å². The lowest BCUT2D eigenvalue weighted by Crippen LogP contribution is -2.51. The largest absolute Gasteiger partial charge is 0.491 e. The number of rotatable bonds is 14. The van der Waals surface area contributed by atoms with E-state index < -0.39 is 17.6 Å². The number of hydrogen-bond donors (Lipinski definition) is 0. The average Bonchev–Trinajstić information content (AvgIpc) is 4.05. The van der Waals surface area contributed by atoms with E-state index in [4.69, 9.17) is 28.4 Å². The first kappa shape index (κ1) is 40.5. The zero-order valence-electron chi connectivity index (χ0n) is 33.8. The number of fused-ring (bicyclic) bond motifs is 1. The number of carbonyl (C=O) groups is 3. The molecule has 306 valence electrons. The van der Waals surface area contributed by atoms with Crippen molar-refractivity contribution in [3.8, 4) is 22.6 Å². The highest BCUT2D eigenvalue weighted by Crippen LogP contribution is 2.43. The Balaban J connectivity index is 1.12. The number of ether oxygens (including phenoxy) is 6. The average molecular weight is 784 g/mol. The van der Waals surface area contributed by atoms with Gasteiger partial charge in [-0.3, -0.25) is 9.59 Å². The Hall–Kier alpha value is -4.65. The minimum absolute atomic E-state index is 0.0227. The van der Waals surface area contributed by atoms with Gasteiger partial charge in [0.2, 0.25) is 5.91 Å². The van der Waals surface area contributed by atoms with Gasteiger partial charge in [-0.1, -0.05) is 36.4 Å². The van der Waals surface area contributed by atoms with E-state index in [1.165, 1.54) is 0 Å². The standard InChI is InChI=1S/C45H57N3O9/c1-45(2,3)57-44(51)46-22-20-37(33-10-7-9-32(27-33)31-12-17-36(18-13-31)53-25-26-55-42-11-5-6-24-54-42)38(29-46)43(50)48(34-14-15-34)35-16-19-40-39(28-35)47(21-8-23-52-4)41(49)30-56-40/h7,9-10,12-13,16-19,27-28,34,37-38,42H,5-6,8,11,14-15,20-26,29-30H2,1-4H3/t37-,38+,42?/m1/s1. The predicted molar refractivity (Wildman–Crippen MR) is 217 cm³/mol. The number of amides is 3. The molecule has 12 heteroatoms. The summed E-state index contributed by atoms with van der Waals surface area (Å²) in [5.41, 5.74) is 3.81. The number of piperidine rings is 1. The highest BCUT2D eigenvalue weighted by molar-refractivity contribution is 6.01. The molecule has 3 fully saturated rings. The van der Waals surface area contributed by atoms with Crippen LogP contribution < -0.4 is 19.3 Å². The molecule has 1 saturated carbocycles. The van der Waals surface area contributed by atoms with Crippen LogP contribution in [0, 0.1) is 5.92 Å². The first-order chi connectivity index (χ1) is 27.6. The minimum Gasteiger partial charge on any atom is -0.491 e. The van der Waals surface area contributed by atoms with Crippen molar-refractivity contribution in [2.24, 2.45) is 5.92 Å². The number of benzene rings is 3. The van der Waals surface area contributed by atoms with Crippen LogP contribution in [0.3, 0.4) is 0 Å². The van der Waals surface area contributed by atoms with Crippen LogP contribution in [-0.2, 0) is 28.5 Å². The number of likely N-dealkylation sites (tertiary alicyclic amines) is 1. The van der Waals surface area contributed by atoms with E-state index in [0.29, 0.717) is 57.2 Å². The molecule has 1 unspecified atom stereocenters. The van der Waals surface area contributed by atoms with Crippen LogP contribution in [0.1, 0.15) is 77.2 Å². The summed E-state index contributed by atoms with van der Waals surface area (Å²) in [4.78, 5) is 46.9. The van der Waals surface area contributed by atoms with E-state index in [1.54, 1.807) is 16.9 Å². The number of anilines is 2. The summed E-state index contributed by atoms with van der Waals surface area (Å²) < 4.78 is 34.3. The molecule has 57 heavy (non-hydrogen) atoms. The second-order valence-corrected chi connectivity index (χ2v) is 16.4. The molecule has 3 aliphatic heterocycles. The van der Waals surface area contributed by atoms with E-state index in [2.05, 4.69) is 18.2 Å². The second kappa shape index (κ2) is 18.3. The molecule has 2 saturated heterocycles. The first-order valence-electron chi connectivity index (χ1n) is 20.5. The summed E-state index contributed by atoms with van der Waals surface area (Å²) in [6.07, 6.45) is 5.60. The Morgan fingerprint density at radius 2 is 1.74 bits per heavy atom. The number of hydrogen-bond acceptors (Lipinski definition) is 9. The third-order valence-corrected chi connectivity index (χ3v) is 10.9. The quantitative estimate of drug-likeness (QED) is 0.153. The van der Waals surface area contributed by atoms with Gasteiger partial charge >= 0.3 is 6.09 Å². The molecule has 3 aromatic carbocycles. The summed E-state index contributed by atoms with van der Waals surface area (Å²) in [5.74, 6) is 0.514. The van der Waals surface area contributed by atoms with Gasteiger partial charge in [-0.2, -0.15) is 0 Å². The van der Waals surface area contributed by atoms with Crippen molar-refractivity contribution in [1.82, 2.24) is 4.90 Å². The van der Waals surface area contributed by atoms with Crippen LogP contribution in [0.4, 0.5) is 16.2 Å². The molecule has 0 N–H and O–H groups in total. The Bertz CT molecular complexity index is 1850. The smallest absolute Gasteiger partial charge is 0.410 e. The van der Waals surface area contributed by atoms with Crippen LogP contribution >= 0.6 is 0 Å². The maximum Gasteiger partial charge on any atom is 0.410 e. The van der Waals surface area contributed by atoms with Crippen molar-refractivity contribution in [2.45, 2.75) is 89.6 Å². The van der Waals surface area contributed by atoms with Crippen LogP contribution in [0.25, 0.3) is 11.1 Å². The van der Waals surface area contributed by atoms with Gasteiger partial charge in [-0.05, 0) is 119 Å². The van der Waals surface area contributed by atoms with Crippen molar-refractivity contribution in [3.63, 3.8) is 0 Å². The van der Waals surface area contributed by atoms with Crippen LogP contribution in [0.2, 0.25) is 0 Å². The van der Waals surface area contributed by atoms with Gasteiger partial charge in [0.1, 0.15) is 23.7 Å². The molecule has 1 aliphatic carbocycles. The van der Waals surface area contributed by atoms with Crippen LogP contribution in [0.5, 0.6) is 11.5 Å². The minimum atomic E-state index is -0.669. The topological polar surface area (TPSA) is 116 Å². The molecule has 0 aromatic heterocycles. The van der Waals surface area contributed by atoms with E-state index >= 15 is 4.79 Å². The third kappa shape index (κ3) is 10.3. The van der Waals surface area contributed by atoms with Crippen LogP contribution in [0.15, 0.2) is 66.7 Å². The van der Waals surface area contributed by atoms with Gasteiger partial charge in [0.25, 0.3) is 5.91 Å². The van der Waals surface area contributed by atoms with Crippen molar-refractivity contribution < 1.29 is 42.8 Å². The molecule has 3 atom stereocenters. The number of methoxy groups -OCH3 is 1. The van der Waals surface area contributed by atoms with E-state index in [-0.39, 0.29) is 43.2 Å². The van der Waals surface area contributed by atoms with Crippen molar-refractivity contribution in [3.05, 3.63) is 72.3 Å². The molecule has 3 heterocycles. The fourth-order valence-corrected chi connectivity index (χ4v) is 7.95. The number of nitrogens with zero attached hydrogens (tertiary/aromatic N) is 3. The molecule has 12 nitrogen and oxygen atoms in total. The molecule has 7 rings (SSSR count). The fraction of sp³-hybridized carbons (Fsp3) is 0.533. The second-order valence-electron chi connectivity index (χ2n) is 16.4. The van der Waals surface area contributed by atoms with E-state index in [9.17, 15) is 9.59 Å². The lowest BCUT2D eigenvalue weighted by molar-refractivity contribution is -0.165. The molecule has 4 aliphatic rings. The summed E-state index contributed by atoms with van der Waals surface area (Å²) >= 11 is 0. The highest BCUT2D eigenvalue weighted by atomic mass is 16.7. The van der Waals surface area contributed by atoms with Crippen molar-refractivity contribution in [2.75, 3.05) is 69.6 Å². The van der Waals surface area contributed by atoms with Gasteiger partial charge in [0.05, 0.1) is 18.2 Å². The lowest BCUT2D eigenvalue weighted by Gasteiger charge is -2.41. The molecular weight excluding hydrogens is 727 g/mol. The molecular formula is C45H57N3O9. The highest BCUT2D eigenvalue weighted by Gasteiger charge is 2.44. The Kier molecular flexibility index (Phi) is 13.0. The van der Waals surface area contributed by atoms with Gasteiger partial charge in [-0.25, -0.2) is 4.79 Å². The zero-order valence-corrected chi connectivity index (χ0v) is 33.8. The van der Waals surface area contributed by atoms with Gasteiger partial charge < -0.3 is 43.1 Å². The van der Waals surface area contributed by atoms with Crippen molar-refractivity contribution in [1.29, 1.82) is 0 Å². The predicted octanol–water partition coefficient (Wildman–Crippen LogP) is 7.57. The fourth-order valence-electron chi connectivity index (χ4n) is 7.95. The lowest BCUT2D eigenvalue weighted by atomic mass is 9.78. The van der Waals surface area contributed by atoms with Gasteiger partial charge in [0, 0.05) is 51.7 Å². The zero-order chi connectivity index (χ0) is 39.9. The molecule has 0 radical (unpaired) electrons. The third-order valence-electron chi connectivity index (χ3n) is 10.9. The Morgan fingerprint density at radius 1 is 0.912 bits per heavy atom. The molecule has 0 spiro atoms. The SMILES string of the molecule is COCCCN1C(=O)COc2ccc(N(C(=O)[C@H]3CN(C(=O)OC(C)(C)C)CC[C@@H]3c3cccc(-c4ccc(OCCOC5CCCCO5)cc4)c3)C3CC3)cc21. The summed E-state index contributed by atoms with van der Waals surface area (Å²) in [6.45, 7) is 8.88. The summed E-state index contributed by atoms with van der Waals surface area (Å²) in [7, 11) is 1.64. The molecule has 0 bridgehead atoms. The Labute approximate surface area is 336 Å². The molecule has 3 amide bonds. The Morgan fingerprint density at radius 3 is 2.47 bits per heavy atom. The van der Waals surface area contributed by atoms with E-state index in [1.807, 2.05) is 74.2 Å². The summed E-state index contributed by atoms with van der Waals surface area (Å²) in [5, 5.41) is 0. The summed E-state index contributed by atoms with van der Waals surface area (Å²) in [6, 6.07) is 22.1. The van der Waals surface area contributed by atoms with Gasteiger partial charge in [-0.15, -0.1) is 0 Å². The monoisotopic (exact) mass is 783 g/mol. The first-order valence-corrected chi connectivity index (χ1v) is 20.5. The van der Waals surface area contributed by atoms with E-state index in [0.717, 1.165) is 66.8 Å². The number of carbonyl (C=O) groups excluding carboxylic acids is 3.